The summed E-state index contributed by atoms with van der Waals surface area (Å²) in [5, 5.41) is 8.30. The summed E-state index contributed by atoms with van der Waals surface area (Å²) in [6.45, 7) is 6.47. The van der Waals surface area contributed by atoms with Crippen LogP contribution in [0.4, 0.5) is 16.2 Å². The molecule has 10 heteroatoms. The molecule has 3 heterocycles. The van der Waals surface area contributed by atoms with Gasteiger partial charge in [0, 0.05) is 64.6 Å². The number of methoxy groups -OCH3 is 1. The fraction of sp³-hybridized carbons (Fsp3) is 0.758. The number of ether oxygens (including phenoxy) is 2. The number of anilines is 2. The van der Waals surface area contributed by atoms with Crippen LogP contribution < -0.4 is 15.1 Å². The van der Waals surface area contributed by atoms with Gasteiger partial charge >= 0.3 is 6.09 Å². The minimum Gasteiger partial charge on any atom is -0.444 e. The summed E-state index contributed by atoms with van der Waals surface area (Å²) in [5.41, 5.74) is 2.74. The monoisotopic (exact) mass is 615 g/mol. The lowest BCUT2D eigenvalue weighted by Crippen LogP contribution is -2.54. The fourth-order valence-corrected chi connectivity index (χ4v) is 8.03. The van der Waals surface area contributed by atoms with Crippen LogP contribution >= 0.6 is 11.6 Å². The van der Waals surface area contributed by atoms with E-state index < -0.39 is 12.2 Å². The molecule has 2 amide bonds. The lowest BCUT2D eigenvalue weighted by atomic mass is 9.96. The van der Waals surface area contributed by atoms with Crippen molar-refractivity contribution < 1.29 is 19.1 Å². The van der Waals surface area contributed by atoms with Gasteiger partial charge in [-0.25, -0.2) is 14.8 Å². The molecule has 5 atom stereocenters. The van der Waals surface area contributed by atoms with Gasteiger partial charge < -0.3 is 14.4 Å². The molecule has 1 N–H and O–H groups in total. The lowest BCUT2D eigenvalue weighted by Gasteiger charge is -2.41. The molecule has 4 unspecified atom stereocenters. The van der Waals surface area contributed by atoms with Crippen LogP contribution in [0.5, 0.6) is 0 Å². The minimum atomic E-state index is -0.461. The molecule has 3 aliphatic heterocycles. The van der Waals surface area contributed by atoms with Crippen molar-refractivity contribution in [2.75, 3.05) is 43.1 Å². The van der Waals surface area contributed by atoms with Crippen LogP contribution in [0.3, 0.4) is 0 Å². The van der Waals surface area contributed by atoms with E-state index in [1.54, 1.807) is 18.9 Å². The summed E-state index contributed by atoms with van der Waals surface area (Å²) < 4.78 is 11.5. The molecule has 2 saturated carbocycles. The largest absolute Gasteiger partial charge is 0.444 e. The number of piperidine rings is 1. The zero-order chi connectivity index (χ0) is 30.1. The van der Waals surface area contributed by atoms with Gasteiger partial charge in [0.2, 0.25) is 5.91 Å². The van der Waals surface area contributed by atoms with Gasteiger partial charge in [-0.2, -0.15) is 0 Å². The number of halogens is 1. The van der Waals surface area contributed by atoms with Gasteiger partial charge in [-0.15, -0.1) is 11.6 Å². The first-order chi connectivity index (χ1) is 20.8. The number of nitrogens with one attached hydrogen (secondary N) is 1. The van der Waals surface area contributed by atoms with Gasteiger partial charge in [0.25, 0.3) is 0 Å². The normalized spacial score (nSPS) is 31.7. The van der Waals surface area contributed by atoms with E-state index in [1.165, 1.54) is 69.8 Å². The predicted octanol–water partition coefficient (Wildman–Crippen LogP) is 5.61. The van der Waals surface area contributed by atoms with Gasteiger partial charge in [0.05, 0.1) is 22.8 Å². The van der Waals surface area contributed by atoms with E-state index >= 15 is 0 Å². The Hall–Kier alpha value is -1.91. The zero-order valence-electron chi connectivity index (χ0n) is 26.2. The van der Waals surface area contributed by atoms with E-state index in [9.17, 15) is 9.59 Å². The van der Waals surface area contributed by atoms with Crippen molar-refractivity contribution in [1.82, 2.24) is 15.3 Å². The number of alkyl halides is 1. The number of carbonyl (C=O) groups is 2. The number of fused-ring (bicyclic) bond motifs is 1. The van der Waals surface area contributed by atoms with E-state index in [4.69, 9.17) is 21.1 Å². The molecule has 6 rings (SSSR count). The van der Waals surface area contributed by atoms with E-state index in [2.05, 4.69) is 27.5 Å². The molecule has 5 aliphatic rings. The Morgan fingerprint density at radius 2 is 1.56 bits per heavy atom. The maximum absolute atomic E-state index is 13.8. The molecule has 1 aromatic carbocycles. The Kier molecular flexibility index (Phi) is 9.84. The molecule has 0 spiro atoms. The number of rotatable bonds is 5. The highest BCUT2D eigenvalue weighted by molar-refractivity contribution is 6.21. The molecular weight excluding hydrogens is 566 g/mol. The standard InChI is InChI=1S/C33H50ClN5O4/c1-22-19-36(33(41)43-31-17-32(42-3)35-18-28(31)34)30-16-24(12-15-29(30)39(22)23(2)40)25-20-37(38(21-25)27-13-14-27)26-10-8-6-4-5-7-9-11-26/h12,15-16,22,25-28,31-32,35H,4-11,13-14,17-21H2,1-3H3/t22-,25?,28?,31?,32?/m0/s1. The smallest absolute Gasteiger partial charge is 0.414 e. The van der Waals surface area contributed by atoms with Gasteiger partial charge in [-0.3, -0.25) is 15.0 Å². The van der Waals surface area contributed by atoms with Gasteiger partial charge in [-0.1, -0.05) is 44.6 Å². The van der Waals surface area contributed by atoms with Crippen LogP contribution in [0.2, 0.25) is 0 Å². The number of nitrogens with zero attached hydrogens (tertiary/aromatic N) is 4. The van der Waals surface area contributed by atoms with Crippen LogP contribution in [0.25, 0.3) is 0 Å². The van der Waals surface area contributed by atoms with E-state index in [0.717, 1.165) is 24.5 Å². The number of amides is 2. The number of hydrazine groups is 1. The second-order valence-electron chi connectivity index (χ2n) is 13.4. The Morgan fingerprint density at radius 3 is 2.19 bits per heavy atom. The summed E-state index contributed by atoms with van der Waals surface area (Å²) in [4.78, 5) is 30.1. The summed E-state index contributed by atoms with van der Waals surface area (Å²) in [5.74, 6) is 0.324. The highest BCUT2D eigenvalue weighted by Crippen LogP contribution is 2.43. The van der Waals surface area contributed by atoms with E-state index in [-0.39, 0.29) is 23.6 Å². The van der Waals surface area contributed by atoms with Crippen molar-refractivity contribution >= 4 is 35.0 Å². The zero-order valence-corrected chi connectivity index (χ0v) is 26.9. The fourth-order valence-electron chi connectivity index (χ4n) is 7.79. The van der Waals surface area contributed by atoms with Crippen molar-refractivity contribution in [1.29, 1.82) is 0 Å². The number of hydrogen-bond acceptors (Lipinski definition) is 7. The van der Waals surface area contributed by atoms with Crippen molar-refractivity contribution in [2.24, 2.45) is 0 Å². The van der Waals surface area contributed by atoms with Crippen molar-refractivity contribution in [3.05, 3.63) is 23.8 Å². The highest BCUT2D eigenvalue weighted by Gasteiger charge is 2.44. The summed E-state index contributed by atoms with van der Waals surface area (Å²) >= 11 is 6.57. The summed E-state index contributed by atoms with van der Waals surface area (Å²) in [7, 11) is 1.64. The number of hydrogen-bond donors (Lipinski definition) is 1. The summed E-state index contributed by atoms with van der Waals surface area (Å²) in [6, 6.07) is 7.49. The Bertz CT molecular complexity index is 1140. The van der Waals surface area contributed by atoms with Crippen LogP contribution in [0.1, 0.15) is 96.0 Å². The third kappa shape index (κ3) is 6.86. The molecule has 2 saturated heterocycles. The highest BCUT2D eigenvalue weighted by atomic mass is 35.5. The first-order valence-electron chi connectivity index (χ1n) is 16.7. The maximum atomic E-state index is 13.8. The van der Waals surface area contributed by atoms with Crippen molar-refractivity contribution in [3.8, 4) is 0 Å². The molecule has 4 fully saturated rings. The number of benzene rings is 1. The Balaban J connectivity index is 1.26. The second-order valence-corrected chi connectivity index (χ2v) is 14.0. The van der Waals surface area contributed by atoms with Gasteiger partial charge in [0.15, 0.2) is 0 Å². The maximum Gasteiger partial charge on any atom is 0.414 e. The molecule has 238 valence electrons. The second kappa shape index (κ2) is 13.6. The third-order valence-corrected chi connectivity index (χ3v) is 10.7. The average molecular weight is 616 g/mol. The number of carbonyl (C=O) groups excluding carboxylic acids is 2. The van der Waals surface area contributed by atoms with Crippen LogP contribution in [-0.4, -0.2) is 91.1 Å². The first-order valence-corrected chi connectivity index (χ1v) is 17.1. The van der Waals surface area contributed by atoms with Gasteiger partial charge in [-0.05, 0) is 50.3 Å². The Labute approximate surface area is 262 Å². The molecule has 2 aliphatic carbocycles. The molecule has 1 aromatic rings. The molecule has 0 aromatic heterocycles. The quantitative estimate of drug-likeness (QED) is 0.432. The lowest BCUT2D eigenvalue weighted by molar-refractivity contribution is -0.117. The molecule has 43 heavy (non-hydrogen) atoms. The predicted molar refractivity (Wildman–Crippen MR) is 170 cm³/mol. The SMILES string of the molecule is COC1CC(OC(=O)N2C[C@H](C)N(C(C)=O)c3ccc(C4CN(C5CCCCCCCC5)N(C5CC5)C4)cc32)C(Cl)CN1. The topological polar surface area (TPSA) is 77.6 Å². The van der Waals surface area contributed by atoms with Crippen LogP contribution in [0.15, 0.2) is 18.2 Å². The molecular formula is C33H50ClN5O4. The van der Waals surface area contributed by atoms with Crippen LogP contribution in [-0.2, 0) is 14.3 Å². The first kappa shape index (κ1) is 31.1. The molecule has 9 nitrogen and oxygen atoms in total. The van der Waals surface area contributed by atoms with Gasteiger partial charge in [0.1, 0.15) is 12.3 Å². The van der Waals surface area contributed by atoms with Crippen molar-refractivity contribution in [3.63, 3.8) is 0 Å². The van der Waals surface area contributed by atoms with E-state index in [0.29, 0.717) is 37.5 Å². The third-order valence-electron chi connectivity index (χ3n) is 10.3. The van der Waals surface area contributed by atoms with E-state index in [1.807, 2.05) is 17.9 Å². The Morgan fingerprint density at radius 1 is 0.907 bits per heavy atom. The average Bonchev–Trinajstić information content (AvgIpc) is 3.72. The minimum absolute atomic E-state index is 0.0243. The molecule has 0 bridgehead atoms. The molecule has 0 radical (unpaired) electrons. The summed E-state index contributed by atoms with van der Waals surface area (Å²) in [6.07, 6.45) is 12.7. The van der Waals surface area contributed by atoms with Crippen molar-refractivity contribution in [2.45, 2.75) is 126 Å². The van der Waals surface area contributed by atoms with Crippen LogP contribution in [0, 0.1) is 0 Å².